The van der Waals surface area contributed by atoms with E-state index in [1.807, 2.05) is 55.5 Å². The van der Waals surface area contributed by atoms with Crippen LogP contribution in [0.4, 0.5) is 0 Å². The van der Waals surface area contributed by atoms with Crippen molar-refractivity contribution in [1.29, 1.82) is 0 Å². The van der Waals surface area contributed by atoms with Gasteiger partial charge in [0, 0.05) is 13.0 Å². The van der Waals surface area contributed by atoms with Gasteiger partial charge >= 0.3 is 0 Å². The summed E-state index contributed by atoms with van der Waals surface area (Å²) in [4.78, 5) is 27.0. The summed E-state index contributed by atoms with van der Waals surface area (Å²) in [6.07, 6.45) is 2.32. The molecule has 0 aromatic heterocycles. The first-order chi connectivity index (χ1) is 11.6. The summed E-state index contributed by atoms with van der Waals surface area (Å²) in [7, 11) is 0. The zero-order valence-electron chi connectivity index (χ0n) is 13.5. The molecular formula is C20H18N2O2. The third-order valence-electron chi connectivity index (χ3n) is 4.69. The Hall–Kier alpha value is -2.88. The number of rotatable bonds is 1. The van der Waals surface area contributed by atoms with Crippen molar-refractivity contribution in [3.05, 3.63) is 76.5 Å². The number of aryl methyl sites for hydroxylation is 1. The Bertz CT molecular complexity index is 852. The quantitative estimate of drug-likeness (QED) is 0.821. The zero-order valence-corrected chi connectivity index (χ0v) is 13.5. The number of amides is 2. The third-order valence-corrected chi connectivity index (χ3v) is 4.69. The molecule has 0 bridgehead atoms. The summed E-state index contributed by atoms with van der Waals surface area (Å²) < 4.78 is 0. The molecule has 1 unspecified atom stereocenters. The maximum Gasteiger partial charge on any atom is 0.271 e. The van der Waals surface area contributed by atoms with Crippen molar-refractivity contribution in [3.8, 4) is 0 Å². The summed E-state index contributed by atoms with van der Waals surface area (Å²) in [6, 6.07) is 15.4. The molecule has 4 rings (SSSR count). The first-order valence-corrected chi connectivity index (χ1v) is 8.09. The van der Waals surface area contributed by atoms with Gasteiger partial charge in [0.1, 0.15) is 11.7 Å². The zero-order chi connectivity index (χ0) is 16.7. The monoisotopic (exact) mass is 318 g/mol. The van der Waals surface area contributed by atoms with E-state index >= 15 is 0 Å². The largest absolute Gasteiger partial charge is 0.321 e. The van der Waals surface area contributed by atoms with E-state index in [1.165, 1.54) is 0 Å². The topological polar surface area (TPSA) is 49.4 Å². The van der Waals surface area contributed by atoms with Crippen LogP contribution in [0.5, 0.6) is 0 Å². The van der Waals surface area contributed by atoms with Gasteiger partial charge in [0.25, 0.3) is 5.91 Å². The van der Waals surface area contributed by atoms with Crippen LogP contribution in [0.15, 0.2) is 54.2 Å². The second-order valence-electron chi connectivity index (χ2n) is 6.38. The minimum atomic E-state index is -0.414. The van der Waals surface area contributed by atoms with Gasteiger partial charge in [0.15, 0.2) is 0 Å². The Morgan fingerprint density at radius 2 is 1.75 bits per heavy atom. The minimum Gasteiger partial charge on any atom is -0.321 e. The fourth-order valence-electron chi connectivity index (χ4n) is 3.32. The van der Waals surface area contributed by atoms with E-state index in [2.05, 4.69) is 5.32 Å². The molecule has 0 aliphatic carbocycles. The van der Waals surface area contributed by atoms with E-state index in [0.29, 0.717) is 18.7 Å². The number of hydrogen-bond donors (Lipinski definition) is 1. The van der Waals surface area contributed by atoms with E-state index in [1.54, 1.807) is 11.0 Å². The van der Waals surface area contributed by atoms with Gasteiger partial charge in [-0.25, -0.2) is 0 Å². The van der Waals surface area contributed by atoms with E-state index < -0.39 is 6.04 Å². The van der Waals surface area contributed by atoms with Crippen LogP contribution >= 0.6 is 0 Å². The van der Waals surface area contributed by atoms with Crippen molar-refractivity contribution in [1.82, 2.24) is 10.2 Å². The number of carbonyl (C=O) groups excluding carboxylic acids is 2. The number of nitrogens with one attached hydrogen (secondary N) is 1. The van der Waals surface area contributed by atoms with Crippen molar-refractivity contribution >= 4 is 17.9 Å². The van der Waals surface area contributed by atoms with Crippen molar-refractivity contribution in [2.45, 2.75) is 25.9 Å². The number of benzene rings is 2. The second-order valence-corrected chi connectivity index (χ2v) is 6.38. The molecule has 0 saturated carbocycles. The average Bonchev–Trinajstić information content (AvgIpc) is 2.60. The molecule has 4 nitrogen and oxygen atoms in total. The molecule has 2 aliphatic rings. The number of piperazine rings is 1. The van der Waals surface area contributed by atoms with Crippen LogP contribution in [0.1, 0.15) is 22.3 Å². The van der Waals surface area contributed by atoms with Crippen LogP contribution in [0.2, 0.25) is 0 Å². The molecule has 2 aromatic rings. The van der Waals surface area contributed by atoms with Crippen LogP contribution in [0.3, 0.4) is 0 Å². The number of nitrogens with zero attached hydrogens (tertiary/aromatic N) is 1. The Labute approximate surface area is 140 Å². The van der Waals surface area contributed by atoms with Gasteiger partial charge in [-0.3, -0.25) is 9.59 Å². The fourth-order valence-corrected chi connectivity index (χ4v) is 3.32. The highest BCUT2D eigenvalue weighted by atomic mass is 16.2. The lowest BCUT2D eigenvalue weighted by molar-refractivity contribution is -0.143. The molecule has 4 heteroatoms. The van der Waals surface area contributed by atoms with Crippen molar-refractivity contribution < 1.29 is 9.59 Å². The molecule has 24 heavy (non-hydrogen) atoms. The Balaban J connectivity index is 1.67. The summed E-state index contributed by atoms with van der Waals surface area (Å²) in [5.41, 5.74) is 4.67. The highest BCUT2D eigenvalue weighted by Gasteiger charge is 2.40. The molecule has 2 amide bonds. The highest BCUT2D eigenvalue weighted by Crippen LogP contribution is 2.27. The van der Waals surface area contributed by atoms with Gasteiger partial charge in [0.05, 0.1) is 0 Å². The minimum absolute atomic E-state index is 0.109. The smallest absolute Gasteiger partial charge is 0.271 e. The van der Waals surface area contributed by atoms with E-state index in [9.17, 15) is 9.59 Å². The van der Waals surface area contributed by atoms with Gasteiger partial charge in [-0.2, -0.15) is 0 Å². The molecule has 2 heterocycles. The molecule has 0 radical (unpaired) electrons. The van der Waals surface area contributed by atoms with Crippen LogP contribution in [0, 0.1) is 6.92 Å². The lowest BCUT2D eigenvalue weighted by Gasteiger charge is -2.39. The SMILES string of the molecule is Cc1ccc(/C=C2/NC(=O)C3Cc4ccccc4CN3C2=O)cc1. The van der Waals surface area contributed by atoms with Crippen LogP contribution in [-0.2, 0) is 22.6 Å². The molecule has 120 valence electrons. The summed E-state index contributed by atoms with van der Waals surface area (Å²) in [6.45, 7) is 2.50. The van der Waals surface area contributed by atoms with Gasteiger partial charge in [-0.15, -0.1) is 0 Å². The van der Waals surface area contributed by atoms with E-state index in [4.69, 9.17) is 0 Å². The highest BCUT2D eigenvalue weighted by molar-refractivity contribution is 6.07. The summed E-state index contributed by atoms with van der Waals surface area (Å²) in [5.74, 6) is -0.225. The first kappa shape index (κ1) is 14.7. The molecule has 2 aromatic carbocycles. The van der Waals surface area contributed by atoms with Gasteiger partial charge < -0.3 is 10.2 Å². The van der Waals surface area contributed by atoms with Crippen LogP contribution in [-0.4, -0.2) is 22.8 Å². The molecule has 1 N–H and O–H groups in total. The Morgan fingerprint density at radius 1 is 1.04 bits per heavy atom. The predicted octanol–water partition coefficient (Wildman–Crippen LogP) is 2.42. The van der Waals surface area contributed by atoms with Crippen molar-refractivity contribution in [2.75, 3.05) is 0 Å². The molecule has 1 atom stereocenters. The predicted molar refractivity (Wildman–Crippen MR) is 91.8 cm³/mol. The number of hydrogen-bond acceptors (Lipinski definition) is 2. The third kappa shape index (κ3) is 2.50. The number of carbonyl (C=O) groups is 2. The van der Waals surface area contributed by atoms with Gasteiger partial charge in [-0.1, -0.05) is 54.1 Å². The van der Waals surface area contributed by atoms with Crippen LogP contribution in [0.25, 0.3) is 6.08 Å². The second kappa shape index (κ2) is 5.64. The lowest BCUT2D eigenvalue weighted by atomic mass is 9.91. The average molecular weight is 318 g/mol. The first-order valence-electron chi connectivity index (χ1n) is 8.09. The molecule has 1 saturated heterocycles. The normalized spacial score (nSPS) is 21.3. The van der Waals surface area contributed by atoms with E-state index in [0.717, 1.165) is 22.3 Å². The lowest BCUT2D eigenvalue weighted by Crippen LogP contribution is -2.58. The number of fused-ring (bicyclic) bond motifs is 2. The molecule has 0 spiro atoms. The standard InChI is InChI=1S/C20H18N2O2/c1-13-6-8-14(9-7-13)10-17-20(24)22-12-16-5-3-2-4-15(16)11-18(22)19(23)21-17/h2-10,18H,11-12H2,1H3,(H,21,23)/b17-10+. The molecular weight excluding hydrogens is 300 g/mol. The maximum atomic E-state index is 12.8. The maximum absolute atomic E-state index is 12.8. The fraction of sp³-hybridized carbons (Fsp3) is 0.200. The van der Waals surface area contributed by atoms with Gasteiger partial charge in [0.2, 0.25) is 5.91 Å². The van der Waals surface area contributed by atoms with Crippen molar-refractivity contribution in [2.24, 2.45) is 0 Å². The molecule has 1 fully saturated rings. The van der Waals surface area contributed by atoms with Gasteiger partial charge in [-0.05, 0) is 29.7 Å². The Morgan fingerprint density at radius 3 is 2.50 bits per heavy atom. The van der Waals surface area contributed by atoms with Crippen LogP contribution < -0.4 is 5.32 Å². The summed E-state index contributed by atoms with van der Waals surface area (Å²) in [5, 5.41) is 2.79. The summed E-state index contributed by atoms with van der Waals surface area (Å²) >= 11 is 0. The Kier molecular flexibility index (Phi) is 3.45. The van der Waals surface area contributed by atoms with E-state index in [-0.39, 0.29) is 11.8 Å². The van der Waals surface area contributed by atoms with Crippen molar-refractivity contribution in [3.63, 3.8) is 0 Å². The molecule has 2 aliphatic heterocycles.